The molecular weight excluding hydrogens is 240 g/mol. The molecule has 96 valence electrons. The lowest BCUT2D eigenvalue weighted by Crippen LogP contribution is -2.27. The van der Waals surface area contributed by atoms with Crippen LogP contribution in [0.25, 0.3) is 0 Å². The fraction of sp³-hybridized carbons (Fsp3) is 0.700. The maximum atomic E-state index is 11.9. The normalized spacial score (nSPS) is 16.3. The number of imidazole rings is 1. The topological polar surface area (TPSA) is 90.0 Å². The molecular formula is C10H18N4O2S. The molecule has 0 aliphatic heterocycles. The number of aromatic nitrogens is 2. The summed E-state index contributed by atoms with van der Waals surface area (Å²) in [5.74, 6) is 0.864. The average Bonchev–Trinajstić information content (AvgIpc) is 3.00. The summed E-state index contributed by atoms with van der Waals surface area (Å²) in [7, 11) is -1.92. The molecule has 0 spiro atoms. The van der Waals surface area contributed by atoms with Gasteiger partial charge in [0.2, 0.25) is 0 Å². The Balaban J connectivity index is 1.93. The van der Waals surface area contributed by atoms with Gasteiger partial charge in [-0.15, -0.1) is 0 Å². The fourth-order valence-electron chi connectivity index (χ4n) is 1.84. The molecule has 1 aliphatic rings. The Hall–Kier alpha value is -1.08. The number of aryl methyl sites for hydroxylation is 1. The lowest BCUT2D eigenvalue weighted by atomic mass is 10.2. The van der Waals surface area contributed by atoms with E-state index in [-0.39, 0.29) is 10.8 Å². The van der Waals surface area contributed by atoms with Gasteiger partial charge in [-0.3, -0.25) is 0 Å². The van der Waals surface area contributed by atoms with Gasteiger partial charge in [0.05, 0.1) is 6.33 Å². The van der Waals surface area contributed by atoms with Gasteiger partial charge in [0.25, 0.3) is 10.0 Å². The van der Waals surface area contributed by atoms with E-state index in [0.29, 0.717) is 6.54 Å². The molecule has 0 unspecified atom stereocenters. The summed E-state index contributed by atoms with van der Waals surface area (Å²) in [5, 5.41) is 0.0453. The molecule has 1 aliphatic carbocycles. The third kappa shape index (κ3) is 2.98. The number of nitrogen functional groups attached to an aromatic ring is 1. The number of hydrogen-bond acceptors (Lipinski definition) is 4. The van der Waals surface area contributed by atoms with Crippen molar-refractivity contribution >= 4 is 15.8 Å². The van der Waals surface area contributed by atoms with Crippen molar-refractivity contribution in [2.24, 2.45) is 13.0 Å². The van der Waals surface area contributed by atoms with Crippen LogP contribution in [-0.2, 0) is 17.1 Å². The Bertz CT molecular complexity index is 471. The van der Waals surface area contributed by atoms with Crippen molar-refractivity contribution in [3.63, 3.8) is 0 Å². The number of nitrogens with two attached hydrogens (primary N) is 1. The van der Waals surface area contributed by atoms with Gasteiger partial charge in [-0.05, 0) is 18.8 Å². The maximum Gasteiger partial charge on any atom is 0.260 e. The van der Waals surface area contributed by atoms with Gasteiger partial charge in [-0.1, -0.05) is 12.8 Å². The largest absolute Gasteiger partial charge is 0.381 e. The second kappa shape index (κ2) is 4.66. The van der Waals surface area contributed by atoms with Crippen molar-refractivity contribution in [2.45, 2.75) is 30.7 Å². The molecule has 1 fully saturated rings. The van der Waals surface area contributed by atoms with Crippen molar-refractivity contribution in [1.29, 1.82) is 0 Å². The van der Waals surface area contributed by atoms with E-state index >= 15 is 0 Å². The third-order valence-electron chi connectivity index (χ3n) is 2.94. The van der Waals surface area contributed by atoms with E-state index < -0.39 is 10.0 Å². The Morgan fingerprint density at radius 3 is 2.82 bits per heavy atom. The molecule has 2 rings (SSSR count). The van der Waals surface area contributed by atoms with Crippen molar-refractivity contribution < 1.29 is 8.42 Å². The Morgan fingerprint density at radius 1 is 1.59 bits per heavy atom. The quantitative estimate of drug-likeness (QED) is 0.726. The minimum atomic E-state index is -3.53. The Labute approximate surface area is 101 Å². The molecule has 17 heavy (non-hydrogen) atoms. The second-order valence-electron chi connectivity index (χ2n) is 4.53. The smallest absolute Gasteiger partial charge is 0.260 e. The van der Waals surface area contributed by atoms with Crippen molar-refractivity contribution in [2.75, 3.05) is 12.3 Å². The summed E-state index contributed by atoms with van der Waals surface area (Å²) in [5.41, 5.74) is 5.54. The minimum Gasteiger partial charge on any atom is -0.381 e. The SMILES string of the molecule is Cn1cnc(N)c1S(=O)(=O)NCCCC1CC1. The number of rotatable bonds is 6. The predicted octanol–water partition coefficient (Wildman–Crippen LogP) is 0.471. The van der Waals surface area contributed by atoms with E-state index in [2.05, 4.69) is 9.71 Å². The van der Waals surface area contributed by atoms with Gasteiger partial charge in [0.1, 0.15) is 0 Å². The minimum absolute atomic E-state index is 0.0437. The second-order valence-corrected chi connectivity index (χ2v) is 6.21. The summed E-state index contributed by atoms with van der Waals surface area (Å²) in [6.45, 7) is 0.462. The molecule has 1 aromatic rings. The first-order valence-electron chi connectivity index (χ1n) is 5.77. The zero-order valence-corrected chi connectivity index (χ0v) is 10.7. The first-order valence-corrected chi connectivity index (χ1v) is 7.25. The van der Waals surface area contributed by atoms with E-state index in [1.807, 2.05) is 0 Å². The van der Waals surface area contributed by atoms with Crippen LogP contribution in [0, 0.1) is 5.92 Å². The van der Waals surface area contributed by atoms with Crippen molar-refractivity contribution in [1.82, 2.24) is 14.3 Å². The number of sulfonamides is 1. The Kier molecular flexibility index (Phi) is 3.39. The van der Waals surface area contributed by atoms with Crippen LogP contribution in [-0.4, -0.2) is 24.5 Å². The lowest BCUT2D eigenvalue weighted by molar-refractivity contribution is 0.564. The lowest BCUT2D eigenvalue weighted by Gasteiger charge is -2.07. The molecule has 3 N–H and O–H groups in total. The number of nitrogens with zero attached hydrogens (tertiary/aromatic N) is 2. The van der Waals surface area contributed by atoms with Crippen LogP contribution < -0.4 is 10.5 Å². The molecule has 0 saturated heterocycles. The fourth-order valence-corrected chi connectivity index (χ4v) is 3.14. The summed E-state index contributed by atoms with van der Waals surface area (Å²) < 4.78 is 27.9. The third-order valence-corrected chi connectivity index (χ3v) is 4.53. The van der Waals surface area contributed by atoms with Crippen molar-refractivity contribution in [3.8, 4) is 0 Å². The maximum absolute atomic E-state index is 11.9. The van der Waals surface area contributed by atoms with E-state index in [9.17, 15) is 8.42 Å². The van der Waals surface area contributed by atoms with Gasteiger partial charge in [0.15, 0.2) is 10.8 Å². The zero-order valence-electron chi connectivity index (χ0n) is 9.89. The molecule has 1 aromatic heterocycles. The van der Waals surface area contributed by atoms with Crippen LogP contribution in [0.4, 0.5) is 5.82 Å². The van der Waals surface area contributed by atoms with Crippen LogP contribution in [0.2, 0.25) is 0 Å². The predicted molar refractivity (Wildman–Crippen MR) is 64.8 cm³/mol. The summed E-state index contributed by atoms with van der Waals surface area (Å²) in [6.07, 6.45) is 5.96. The summed E-state index contributed by atoms with van der Waals surface area (Å²) in [6, 6.07) is 0. The number of hydrogen-bond donors (Lipinski definition) is 2. The molecule has 0 bridgehead atoms. The molecule has 0 aromatic carbocycles. The van der Waals surface area contributed by atoms with Crippen LogP contribution in [0.1, 0.15) is 25.7 Å². The molecule has 0 atom stereocenters. The van der Waals surface area contributed by atoms with Crippen LogP contribution in [0.5, 0.6) is 0 Å². The molecule has 6 nitrogen and oxygen atoms in total. The molecule has 0 radical (unpaired) electrons. The standard InChI is InChI=1S/C10H18N4O2S/c1-14-7-12-9(11)10(14)17(15,16)13-6-2-3-8-4-5-8/h7-8,13H,2-6,11H2,1H3. The van der Waals surface area contributed by atoms with Crippen LogP contribution >= 0.6 is 0 Å². The highest BCUT2D eigenvalue weighted by molar-refractivity contribution is 7.89. The highest BCUT2D eigenvalue weighted by atomic mass is 32.2. The zero-order chi connectivity index (χ0) is 12.5. The first-order chi connectivity index (χ1) is 8.00. The van der Waals surface area contributed by atoms with E-state index in [4.69, 9.17) is 5.73 Å². The summed E-state index contributed by atoms with van der Waals surface area (Å²) in [4.78, 5) is 3.77. The average molecular weight is 258 g/mol. The first kappa shape index (κ1) is 12.4. The number of anilines is 1. The van der Waals surface area contributed by atoms with Gasteiger partial charge in [-0.2, -0.15) is 0 Å². The monoisotopic (exact) mass is 258 g/mol. The van der Waals surface area contributed by atoms with Crippen LogP contribution in [0.15, 0.2) is 11.4 Å². The summed E-state index contributed by atoms with van der Waals surface area (Å²) >= 11 is 0. The van der Waals surface area contributed by atoms with Gasteiger partial charge >= 0.3 is 0 Å². The van der Waals surface area contributed by atoms with E-state index in [1.54, 1.807) is 7.05 Å². The van der Waals surface area contributed by atoms with E-state index in [1.165, 1.54) is 23.7 Å². The van der Waals surface area contributed by atoms with Gasteiger partial charge in [-0.25, -0.2) is 18.1 Å². The highest BCUT2D eigenvalue weighted by Gasteiger charge is 2.23. The van der Waals surface area contributed by atoms with Crippen molar-refractivity contribution in [3.05, 3.63) is 6.33 Å². The van der Waals surface area contributed by atoms with Crippen LogP contribution in [0.3, 0.4) is 0 Å². The molecule has 1 heterocycles. The number of nitrogens with one attached hydrogen (secondary N) is 1. The van der Waals surface area contributed by atoms with Gasteiger partial charge in [0, 0.05) is 13.6 Å². The van der Waals surface area contributed by atoms with E-state index in [0.717, 1.165) is 18.8 Å². The Morgan fingerprint density at radius 2 is 2.29 bits per heavy atom. The van der Waals surface area contributed by atoms with Gasteiger partial charge < -0.3 is 10.3 Å². The molecule has 1 saturated carbocycles. The molecule has 0 amide bonds. The molecule has 7 heteroatoms. The highest BCUT2D eigenvalue weighted by Crippen LogP contribution is 2.33.